The summed E-state index contributed by atoms with van der Waals surface area (Å²) in [5.74, 6) is 0.511. The minimum absolute atomic E-state index is 0.511. The van der Waals surface area contributed by atoms with Crippen LogP contribution in [-0.4, -0.2) is 0 Å². The molecular weight excluding hydrogens is 556 g/mol. The fourth-order valence-corrected chi connectivity index (χ4v) is 6.61. The van der Waals surface area contributed by atoms with Gasteiger partial charge in [0.15, 0.2) is 0 Å². The fourth-order valence-electron chi connectivity index (χ4n) is 6.61. The van der Waals surface area contributed by atoms with Gasteiger partial charge in [0.25, 0.3) is 0 Å². The zero-order valence-electron chi connectivity index (χ0n) is 28.0. The van der Waals surface area contributed by atoms with Gasteiger partial charge in [-0.1, -0.05) is 74.2 Å². The number of nitrogens with zero attached hydrogens (tertiary/aromatic N) is 2. The maximum Gasteiger partial charge on any atom is 0.0491 e. The molecule has 1 unspecified atom stereocenters. The lowest BCUT2D eigenvalue weighted by Gasteiger charge is -2.32. The molecule has 0 saturated heterocycles. The number of allylic oxidation sites excluding steroid dienone is 4. The van der Waals surface area contributed by atoms with E-state index in [1.807, 2.05) is 6.08 Å². The molecule has 230 valence electrons. The first-order chi connectivity index (χ1) is 22.2. The maximum absolute atomic E-state index is 3.99. The largest absolute Gasteiger partial charge is 0.314 e. The second-order valence-corrected chi connectivity index (χ2v) is 12.8. The average molecular weight is 601 g/mol. The number of anilines is 5. The maximum atomic E-state index is 3.99. The summed E-state index contributed by atoms with van der Waals surface area (Å²) in [7, 11) is 0. The zero-order chi connectivity index (χ0) is 32.4. The van der Waals surface area contributed by atoms with Crippen LogP contribution >= 0.6 is 0 Å². The van der Waals surface area contributed by atoms with Gasteiger partial charge in [0, 0.05) is 34.1 Å². The number of benzene rings is 5. The van der Waals surface area contributed by atoms with E-state index in [1.165, 1.54) is 61.7 Å². The van der Waals surface area contributed by atoms with Gasteiger partial charge in [-0.2, -0.15) is 0 Å². The van der Waals surface area contributed by atoms with Crippen molar-refractivity contribution in [2.24, 2.45) is 5.92 Å². The third kappa shape index (κ3) is 6.34. The van der Waals surface area contributed by atoms with Gasteiger partial charge in [0.05, 0.1) is 0 Å². The van der Waals surface area contributed by atoms with E-state index in [0.717, 1.165) is 23.4 Å². The van der Waals surface area contributed by atoms with Gasteiger partial charge in [0.1, 0.15) is 0 Å². The Labute approximate surface area is 275 Å². The summed E-state index contributed by atoms with van der Waals surface area (Å²) in [5, 5.41) is 0. The van der Waals surface area contributed by atoms with Crippen molar-refractivity contribution in [3.63, 3.8) is 0 Å². The highest BCUT2D eigenvalue weighted by Crippen LogP contribution is 2.41. The quantitative estimate of drug-likeness (QED) is 0.175. The second-order valence-electron chi connectivity index (χ2n) is 12.8. The Hall–Kier alpha value is -5.08. The lowest BCUT2D eigenvalue weighted by atomic mass is 9.96. The van der Waals surface area contributed by atoms with Crippen LogP contribution in [0.5, 0.6) is 0 Å². The van der Waals surface area contributed by atoms with Crippen molar-refractivity contribution in [1.29, 1.82) is 0 Å². The van der Waals surface area contributed by atoms with Gasteiger partial charge in [-0.15, -0.1) is 0 Å². The van der Waals surface area contributed by atoms with Crippen LogP contribution in [0.1, 0.15) is 46.7 Å². The summed E-state index contributed by atoms with van der Waals surface area (Å²) >= 11 is 0. The monoisotopic (exact) mass is 600 g/mol. The molecule has 1 atom stereocenters. The van der Waals surface area contributed by atoms with Crippen LogP contribution in [0.3, 0.4) is 0 Å². The average Bonchev–Trinajstić information content (AvgIpc) is 3.03. The third-order valence-electron chi connectivity index (χ3n) is 9.01. The van der Waals surface area contributed by atoms with Crippen molar-refractivity contribution in [2.45, 2.75) is 48.0 Å². The smallest absolute Gasteiger partial charge is 0.0491 e. The molecular formula is C44H44N2. The first-order valence-corrected chi connectivity index (χ1v) is 16.3. The molecule has 0 amide bonds. The Morgan fingerprint density at radius 2 is 1.17 bits per heavy atom. The van der Waals surface area contributed by atoms with Crippen molar-refractivity contribution in [3.8, 4) is 11.1 Å². The molecule has 2 heteroatoms. The zero-order valence-corrected chi connectivity index (χ0v) is 28.0. The number of rotatable bonds is 8. The highest BCUT2D eigenvalue weighted by molar-refractivity contribution is 5.82. The van der Waals surface area contributed by atoms with Gasteiger partial charge >= 0.3 is 0 Å². The number of hydrogen-bond donors (Lipinski definition) is 0. The minimum Gasteiger partial charge on any atom is -0.314 e. The molecule has 6 rings (SSSR count). The molecule has 0 heterocycles. The van der Waals surface area contributed by atoms with Gasteiger partial charge < -0.3 is 9.80 Å². The van der Waals surface area contributed by atoms with E-state index in [4.69, 9.17) is 0 Å². The van der Waals surface area contributed by atoms with Gasteiger partial charge in [-0.3, -0.25) is 0 Å². The minimum atomic E-state index is 0.511. The highest BCUT2D eigenvalue weighted by Gasteiger charge is 2.21. The summed E-state index contributed by atoms with van der Waals surface area (Å²) in [6.45, 7) is 17.2. The van der Waals surface area contributed by atoms with E-state index in [2.05, 4.69) is 179 Å². The molecule has 0 saturated carbocycles. The van der Waals surface area contributed by atoms with E-state index < -0.39 is 0 Å². The predicted octanol–water partition coefficient (Wildman–Crippen LogP) is 12.6. The molecule has 0 aromatic heterocycles. The summed E-state index contributed by atoms with van der Waals surface area (Å²) < 4.78 is 0. The lowest BCUT2D eigenvalue weighted by molar-refractivity contribution is 0.696. The second kappa shape index (κ2) is 13.1. The normalized spacial score (nSPS) is 14.1. The van der Waals surface area contributed by atoms with E-state index in [0.29, 0.717) is 5.92 Å². The Kier molecular flexibility index (Phi) is 8.81. The molecule has 2 nitrogen and oxygen atoms in total. The summed E-state index contributed by atoms with van der Waals surface area (Å²) in [4.78, 5) is 4.81. The Morgan fingerprint density at radius 1 is 0.609 bits per heavy atom. The van der Waals surface area contributed by atoms with Crippen LogP contribution in [-0.2, 0) is 0 Å². The van der Waals surface area contributed by atoms with Crippen LogP contribution in [0.15, 0.2) is 134 Å². The molecule has 5 aromatic rings. The summed E-state index contributed by atoms with van der Waals surface area (Å²) in [6.07, 6.45) is 9.70. The molecule has 46 heavy (non-hydrogen) atoms. The molecule has 0 fully saturated rings. The topological polar surface area (TPSA) is 6.48 Å². The van der Waals surface area contributed by atoms with Crippen molar-refractivity contribution in [3.05, 3.63) is 167 Å². The van der Waals surface area contributed by atoms with E-state index >= 15 is 0 Å². The van der Waals surface area contributed by atoms with Crippen LogP contribution in [0.25, 0.3) is 17.2 Å². The van der Waals surface area contributed by atoms with Crippen molar-refractivity contribution < 1.29 is 0 Å². The third-order valence-corrected chi connectivity index (χ3v) is 9.01. The van der Waals surface area contributed by atoms with Gasteiger partial charge in [-0.25, -0.2) is 0 Å². The molecule has 1 aliphatic rings. The summed E-state index contributed by atoms with van der Waals surface area (Å²) in [5.41, 5.74) is 17.0. The molecule has 0 spiro atoms. The van der Waals surface area contributed by atoms with Crippen LogP contribution < -0.4 is 9.80 Å². The van der Waals surface area contributed by atoms with Crippen molar-refractivity contribution in [1.82, 2.24) is 0 Å². The van der Waals surface area contributed by atoms with Gasteiger partial charge in [-0.05, 0) is 158 Å². The first-order valence-electron chi connectivity index (χ1n) is 16.3. The van der Waals surface area contributed by atoms with Crippen LogP contribution in [0.4, 0.5) is 28.4 Å². The van der Waals surface area contributed by atoms with Gasteiger partial charge in [0.2, 0.25) is 0 Å². The van der Waals surface area contributed by atoms with E-state index in [9.17, 15) is 0 Å². The standard InChI is InChI=1S/C44H44N2/c1-8-36-18-21-42(29-33(36)5)46(41-17-11-14-32(4)26-41)44-23-20-38(28-35(44)7)37-19-22-43(34(6)27-37)45(39-15-9-12-30(2)24-39)40-16-10-13-31(3)25-40/h8-24,26-29,31H,1,25H2,2-7H3. The number of aryl methyl sites for hydroxylation is 5. The van der Waals surface area contributed by atoms with Crippen LogP contribution in [0, 0.1) is 40.5 Å². The summed E-state index contributed by atoms with van der Waals surface area (Å²) in [6, 6.07) is 37.9. The predicted molar refractivity (Wildman–Crippen MR) is 200 cm³/mol. The fraction of sp³-hybridized carbons (Fsp3) is 0.182. The van der Waals surface area contributed by atoms with E-state index in [-0.39, 0.29) is 0 Å². The molecule has 0 N–H and O–H groups in total. The molecule has 5 aromatic carbocycles. The molecule has 0 aliphatic heterocycles. The number of hydrogen-bond acceptors (Lipinski definition) is 2. The van der Waals surface area contributed by atoms with Crippen molar-refractivity contribution >= 4 is 34.5 Å². The molecule has 0 bridgehead atoms. The van der Waals surface area contributed by atoms with E-state index in [1.54, 1.807) is 0 Å². The lowest BCUT2D eigenvalue weighted by Crippen LogP contribution is -2.20. The highest BCUT2D eigenvalue weighted by atomic mass is 15.2. The first kappa shape index (κ1) is 30.9. The van der Waals surface area contributed by atoms with Crippen LogP contribution in [0.2, 0.25) is 0 Å². The molecule has 1 aliphatic carbocycles. The van der Waals surface area contributed by atoms with Crippen molar-refractivity contribution in [2.75, 3.05) is 9.80 Å². The SMILES string of the molecule is C=Cc1ccc(N(c2cccc(C)c2)c2ccc(-c3ccc(N(C4=CC=CC(C)C4)c4cccc(C)c4)c(C)c3)cc2C)cc1C. The Bertz CT molecular complexity index is 1970. The molecule has 0 radical (unpaired) electrons. The Morgan fingerprint density at radius 3 is 1.70 bits per heavy atom. The Balaban J connectivity index is 1.39.